The van der Waals surface area contributed by atoms with Gasteiger partial charge in [-0.25, -0.2) is 4.79 Å². The standard InChI is InChI=1S/C18H20O4/c1-18(2,3)15-11-7-8-13(16(15)19)12-21-17(20)22-14-9-5-4-6-10-14/h4-11,19H,12H2,1-3H3. The van der Waals surface area contributed by atoms with E-state index in [1.54, 1.807) is 30.3 Å². The maximum atomic E-state index is 11.7. The van der Waals surface area contributed by atoms with Crippen LogP contribution < -0.4 is 4.74 Å². The molecule has 2 aromatic rings. The fourth-order valence-corrected chi connectivity index (χ4v) is 2.06. The van der Waals surface area contributed by atoms with Gasteiger partial charge in [0.05, 0.1) is 0 Å². The lowest BCUT2D eigenvalue weighted by Gasteiger charge is -2.21. The van der Waals surface area contributed by atoms with Gasteiger partial charge in [-0.05, 0) is 23.1 Å². The molecule has 0 aromatic heterocycles. The van der Waals surface area contributed by atoms with Gasteiger partial charge in [0, 0.05) is 5.56 Å². The molecule has 0 aliphatic heterocycles. The minimum absolute atomic E-state index is 0.0403. The summed E-state index contributed by atoms with van der Waals surface area (Å²) in [4.78, 5) is 11.7. The highest BCUT2D eigenvalue weighted by atomic mass is 16.7. The third-order valence-electron chi connectivity index (χ3n) is 3.22. The van der Waals surface area contributed by atoms with Gasteiger partial charge in [-0.15, -0.1) is 0 Å². The summed E-state index contributed by atoms with van der Waals surface area (Å²) in [5.74, 6) is 0.572. The highest BCUT2D eigenvalue weighted by Gasteiger charge is 2.20. The zero-order chi connectivity index (χ0) is 16.2. The Bertz CT molecular complexity index is 642. The summed E-state index contributed by atoms with van der Waals surface area (Å²) in [6.07, 6.45) is -0.799. The van der Waals surface area contributed by atoms with E-state index in [9.17, 15) is 9.90 Å². The van der Waals surface area contributed by atoms with Crippen LogP contribution in [0.5, 0.6) is 11.5 Å². The van der Waals surface area contributed by atoms with Gasteiger partial charge < -0.3 is 14.6 Å². The first-order valence-corrected chi connectivity index (χ1v) is 7.09. The first-order chi connectivity index (χ1) is 10.4. The van der Waals surface area contributed by atoms with Gasteiger partial charge in [0.15, 0.2) is 0 Å². The van der Waals surface area contributed by atoms with Gasteiger partial charge in [0.2, 0.25) is 0 Å². The van der Waals surface area contributed by atoms with Gasteiger partial charge >= 0.3 is 6.16 Å². The SMILES string of the molecule is CC(C)(C)c1cccc(COC(=O)Oc2ccccc2)c1O. The Kier molecular flexibility index (Phi) is 4.71. The van der Waals surface area contributed by atoms with Crippen LogP contribution in [0, 0.1) is 0 Å². The molecule has 0 fully saturated rings. The maximum absolute atomic E-state index is 11.7. The minimum atomic E-state index is -0.799. The lowest BCUT2D eigenvalue weighted by atomic mass is 9.85. The third-order valence-corrected chi connectivity index (χ3v) is 3.22. The topological polar surface area (TPSA) is 55.8 Å². The van der Waals surface area contributed by atoms with E-state index >= 15 is 0 Å². The zero-order valence-corrected chi connectivity index (χ0v) is 13.0. The molecule has 0 aliphatic rings. The molecular weight excluding hydrogens is 280 g/mol. The van der Waals surface area contributed by atoms with E-state index in [0.29, 0.717) is 11.3 Å². The number of carbonyl (C=O) groups is 1. The van der Waals surface area contributed by atoms with Crippen LogP contribution in [-0.2, 0) is 16.8 Å². The highest BCUT2D eigenvalue weighted by Crippen LogP contribution is 2.33. The second kappa shape index (κ2) is 6.52. The van der Waals surface area contributed by atoms with E-state index in [4.69, 9.17) is 9.47 Å². The molecular formula is C18H20O4. The summed E-state index contributed by atoms with van der Waals surface area (Å²) in [7, 11) is 0. The van der Waals surface area contributed by atoms with Crippen LogP contribution in [0.4, 0.5) is 4.79 Å². The Labute approximate surface area is 130 Å². The Morgan fingerprint density at radius 2 is 1.73 bits per heavy atom. The lowest BCUT2D eigenvalue weighted by Crippen LogP contribution is -2.13. The minimum Gasteiger partial charge on any atom is -0.507 e. The van der Waals surface area contributed by atoms with Crippen molar-refractivity contribution in [3.63, 3.8) is 0 Å². The molecule has 0 unspecified atom stereocenters. The van der Waals surface area contributed by atoms with Gasteiger partial charge in [0.1, 0.15) is 18.1 Å². The molecule has 0 saturated heterocycles. The molecule has 0 heterocycles. The van der Waals surface area contributed by atoms with Crippen LogP contribution in [0.3, 0.4) is 0 Å². The summed E-state index contributed by atoms with van der Waals surface area (Å²) in [6, 6.07) is 14.1. The monoisotopic (exact) mass is 300 g/mol. The third kappa shape index (κ3) is 4.01. The molecule has 116 valence electrons. The highest BCUT2D eigenvalue weighted by molar-refractivity contribution is 5.63. The Morgan fingerprint density at radius 3 is 2.36 bits per heavy atom. The number of para-hydroxylation sites is 2. The molecule has 0 radical (unpaired) electrons. The van der Waals surface area contributed by atoms with Gasteiger partial charge in [-0.2, -0.15) is 0 Å². The average molecular weight is 300 g/mol. The zero-order valence-electron chi connectivity index (χ0n) is 13.0. The summed E-state index contributed by atoms with van der Waals surface area (Å²) in [5.41, 5.74) is 1.17. The van der Waals surface area contributed by atoms with E-state index in [2.05, 4.69) is 0 Å². The predicted octanol–water partition coefficient (Wildman–Crippen LogP) is 4.41. The lowest BCUT2D eigenvalue weighted by molar-refractivity contribution is 0.0921. The first kappa shape index (κ1) is 15.9. The Balaban J connectivity index is 2.01. The van der Waals surface area contributed by atoms with E-state index in [1.807, 2.05) is 39.0 Å². The van der Waals surface area contributed by atoms with E-state index in [0.717, 1.165) is 5.56 Å². The number of hydrogen-bond donors (Lipinski definition) is 1. The van der Waals surface area contributed by atoms with Crippen molar-refractivity contribution in [2.45, 2.75) is 32.8 Å². The van der Waals surface area contributed by atoms with Crippen LogP contribution in [0.25, 0.3) is 0 Å². The van der Waals surface area contributed by atoms with E-state index < -0.39 is 6.16 Å². The Morgan fingerprint density at radius 1 is 1.05 bits per heavy atom. The summed E-state index contributed by atoms with van der Waals surface area (Å²) < 4.78 is 10.1. The van der Waals surface area contributed by atoms with Crippen molar-refractivity contribution in [2.24, 2.45) is 0 Å². The van der Waals surface area contributed by atoms with Crippen LogP contribution in [-0.4, -0.2) is 11.3 Å². The van der Waals surface area contributed by atoms with Crippen LogP contribution in [0.1, 0.15) is 31.9 Å². The van der Waals surface area contributed by atoms with Gasteiger partial charge in [-0.3, -0.25) is 0 Å². The molecule has 0 aliphatic carbocycles. The molecule has 0 saturated carbocycles. The van der Waals surface area contributed by atoms with Gasteiger partial charge in [0.25, 0.3) is 0 Å². The number of phenols is 1. The smallest absolute Gasteiger partial charge is 0.507 e. The van der Waals surface area contributed by atoms with Crippen LogP contribution in [0.15, 0.2) is 48.5 Å². The average Bonchev–Trinajstić information content (AvgIpc) is 2.46. The van der Waals surface area contributed by atoms with Gasteiger partial charge in [-0.1, -0.05) is 57.2 Å². The fourth-order valence-electron chi connectivity index (χ4n) is 2.06. The number of benzene rings is 2. The van der Waals surface area contributed by atoms with Crippen molar-refractivity contribution in [1.29, 1.82) is 0 Å². The molecule has 2 aromatic carbocycles. The summed E-state index contributed by atoms with van der Waals surface area (Å²) >= 11 is 0. The fraction of sp³-hybridized carbons (Fsp3) is 0.278. The second-order valence-electron chi connectivity index (χ2n) is 6.02. The number of hydrogen-bond acceptors (Lipinski definition) is 4. The number of phenolic OH excluding ortho intramolecular Hbond substituents is 1. The number of rotatable bonds is 3. The molecule has 1 N–H and O–H groups in total. The van der Waals surface area contributed by atoms with Crippen LogP contribution >= 0.6 is 0 Å². The van der Waals surface area contributed by atoms with Crippen molar-refractivity contribution < 1.29 is 19.4 Å². The molecule has 0 amide bonds. The normalized spacial score (nSPS) is 11.0. The largest absolute Gasteiger partial charge is 0.514 e. The quantitative estimate of drug-likeness (QED) is 0.674. The van der Waals surface area contributed by atoms with E-state index in [1.165, 1.54) is 0 Å². The van der Waals surface area contributed by atoms with Crippen molar-refractivity contribution in [1.82, 2.24) is 0 Å². The molecule has 0 spiro atoms. The van der Waals surface area contributed by atoms with Crippen molar-refractivity contribution in [2.75, 3.05) is 0 Å². The number of ether oxygens (including phenoxy) is 2. The molecule has 0 bridgehead atoms. The summed E-state index contributed by atoms with van der Waals surface area (Å²) in [6.45, 7) is 5.99. The molecule has 4 nitrogen and oxygen atoms in total. The number of aromatic hydroxyl groups is 1. The molecule has 2 rings (SSSR count). The maximum Gasteiger partial charge on any atom is 0.514 e. The van der Waals surface area contributed by atoms with Crippen molar-refractivity contribution >= 4 is 6.16 Å². The van der Waals surface area contributed by atoms with Crippen molar-refractivity contribution in [3.8, 4) is 11.5 Å². The van der Waals surface area contributed by atoms with E-state index in [-0.39, 0.29) is 17.8 Å². The number of carbonyl (C=O) groups excluding carboxylic acids is 1. The summed E-state index contributed by atoms with van der Waals surface area (Å²) in [5, 5.41) is 10.3. The predicted molar refractivity (Wildman–Crippen MR) is 84.1 cm³/mol. The Hall–Kier alpha value is -2.49. The molecule has 22 heavy (non-hydrogen) atoms. The first-order valence-electron chi connectivity index (χ1n) is 7.09. The molecule has 4 heteroatoms. The molecule has 0 atom stereocenters. The van der Waals surface area contributed by atoms with Crippen molar-refractivity contribution in [3.05, 3.63) is 59.7 Å². The van der Waals surface area contributed by atoms with Crippen LogP contribution in [0.2, 0.25) is 0 Å². The second-order valence-corrected chi connectivity index (χ2v) is 6.02.